The summed E-state index contributed by atoms with van der Waals surface area (Å²) >= 11 is 0. The predicted molar refractivity (Wildman–Crippen MR) is 99.2 cm³/mol. The number of nitrogens with zero attached hydrogens (tertiary/aromatic N) is 2. The minimum Gasteiger partial charge on any atom is -0.357 e. The molecular weight excluding hydrogens is 300 g/mol. The van der Waals surface area contributed by atoms with Crippen LogP contribution in [0.5, 0.6) is 0 Å². The van der Waals surface area contributed by atoms with E-state index in [1.807, 2.05) is 31.2 Å². The lowest BCUT2D eigenvalue weighted by Crippen LogP contribution is -2.45. The molecule has 1 aliphatic rings. The second-order valence-corrected chi connectivity index (χ2v) is 6.40. The normalized spacial score (nSPS) is 16.1. The summed E-state index contributed by atoms with van der Waals surface area (Å²) in [7, 11) is 0. The van der Waals surface area contributed by atoms with Crippen molar-refractivity contribution in [2.24, 2.45) is 10.9 Å². The van der Waals surface area contributed by atoms with Gasteiger partial charge >= 0.3 is 0 Å². The van der Waals surface area contributed by atoms with Crippen LogP contribution in [0.25, 0.3) is 0 Å². The fourth-order valence-electron chi connectivity index (χ4n) is 2.89. The van der Waals surface area contributed by atoms with Crippen molar-refractivity contribution in [1.29, 1.82) is 0 Å². The lowest BCUT2D eigenvalue weighted by molar-refractivity contribution is 0.0955. The van der Waals surface area contributed by atoms with E-state index in [0.29, 0.717) is 18.7 Å². The molecule has 1 aromatic carbocycles. The summed E-state index contributed by atoms with van der Waals surface area (Å²) in [6, 6.07) is 7.71. The molecule has 2 N–H and O–H groups in total. The van der Waals surface area contributed by atoms with Gasteiger partial charge in [-0.3, -0.25) is 4.79 Å². The van der Waals surface area contributed by atoms with Gasteiger partial charge in [-0.25, -0.2) is 4.99 Å². The molecule has 1 heterocycles. The number of amides is 1. The maximum Gasteiger partial charge on any atom is 0.251 e. The van der Waals surface area contributed by atoms with Gasteiger partial charge in [-0.15, -0.1) is 0 Å². The Morgan fingerprint density at radius 2 is 1.92 bits per heavy atom. The lowest BCUT2D eigenvalue weighted by Gasteiger charge is -2.33. The molecule has 0 atom stereocenters. The maximum atomic E-state index is 11.9. The Hall–Kier alpha value is -2.04. The molecule has 1 fully saturated rings. The standard InChI is InChI=1S/C19H30N4O/c1-4-20-18(24)17-8-6-7-16(13-17)14-22-19(21-5-2)23-11-9-15(3)10-12-23/h6-8,13,15H,4-5,9-12,14H2,1-3H3,(H,20,24)(H,21,22). The first-order valence-corrected chi connectivity index (χ1v) is 9.04. The molecule has 132 valence electrons. The van der Waals surface area contributed by atoms with Crippen LogP contribution in [0, 0.1) is 5.92 Å². The summed E-state index contributed by atoms with van der Waals surface area (Å²) in [5.74, 6) is 1.76. The molecule has 0 aromatic heterocycles. The first-order valence-electron chi connectivity index (χ1n) is 9.04. The summed E-state index contributed by atoms with van der Waals surface area (Å²) in [5, 5.41) is 6.23. The van der Waals surface area contributed by atoms with Crippen molar-refractivity contribution >= 4 is 11.9 Å². The van der Waals surface area contributed by atoms with Gasteiger partial charge in [-0.1, -0.05) is 19.1 Å². The van der Waals surface area contributed by atoms with Crippen LogP contribution in [0.3, 0.4) is 0 Å². The number of piperidine rings is 1. The van der Waals surface area contributed by atoms with Crippen LogP contribution in [-0.4, -0.2) is 42.9 Å². The average Bonchev–Trinajstić information content (AvgIpc) is 2.60. The Balaban J connectivity index is 2.05. The number of aliphatic imine (C=N–C) groups is 1. The summed E-state index contributed by atoms with van der Waals surface area (Å²) in [6.07, 6.45) is 2.44. The maximum absolute atomic E-state index is 11.9. The predicted octanol–water partition coefficient (Wildman–Crippen LogP) is 2.63. The molecule has 0 radical (unpaired) electrons. The van der Waals surface area contributed by atoms with E-state index in [9.17, 15) is 4.79 Å². The van der Waals surface area contributed by atoms with Crippen molar-refractivity contribution in [2.45, 2.75) is 40.2 Å². The number of guanidine groups is 1. The zero-order valence-corrected chi connectivity index (χ0v) is 15.1. The monoisotopic (exact) mass is 330 g/mol. The second kappa shape index (κ2) is 9.30. The molecule has 5 nitrogen and oxygen atoms in total. The molecule has 24 heavy (non-hydrogen) atoms. The molecule has 5 heteroatoms. The molecule has 0 unspecified atom stereocenters. The zero-order chi connectivity index (χ0) is 17.4. The Morgan fingerprint density at radius 1 is 1.21 bits per heavy atom. The summed E-state index contributed by atoms with van der Waals surface area (Å²) in [4.78, 5) is 19.1. The van der Waals surface area contributed by atoms with Crippen LogP contribution in [0.15, 0.2) is 29.3 Å². The number of carbonyl (C=O) groups is 1. The van der Waals surface area contributed by atoms with E-state index in [4.69, 9.17) is 4.99 Å². The van der Waals surface area contributed by atoms with Crippen molar-refractivity contribution in [3.63, 3.8) is 0 Å². The van der Waals surface area contributed by atoms with Gasteiger partial charge in [0.2, 0.25) is 0 Å². The van der Waals surface area contributed by atoms with Crippen LogP contribution in [-0.2, 0) is 6.54 Å². The Bertz CT molecular complexity index is 562. The van der Waals surface area contributed by atoms with Gasteiger partial charge in [-0.05, 0) is 50.3 Å². The van der Waals surface area contributed by atoms with E-state index in [1.165, 1.54) is 12.8 Å². The van der Waals surface area contributed by atoms with Gasteiger partial charge in [0, 0.05) is 31.7 Å². The van der Waals surface area contributed by atoms with E-state index in [-0.39, 0.29) is 5.91 Å². The average molecular weight is 330 g/mol. The Kier molecular flexibility index (Phi) is 7.09. The number of nitrogens with one attached hydrogen (secondary N) is 2. The zero-order valence-electron chi connectivity index (χ0n) is 15.1. The summed E-state index contributed by atoms with van der Waals surface area (Å²) in [6.45, 7) is 10.5. The smallest absolute Gasteiger partial charge is 0.251 e. The summed E-state index contributed by atoms with van der Waals surface area (Å²) in [5.41, 5.74) is 1.75. The Morgan fingerprint density at radius 3 is 2.58 bits per heavy atom. The second-order valence-electron chi connectivity index (χ2n) is 6.40. The van der Waals surface area contributed by atoms with E-state index in [1.54, 1.807) is 0 Å². The van der Waals surface area contributed by atoms with E-state index in [2.05, 4.69) is 29.4 Å². The molecule has 1 saturated heterocycles. The van der Waals surface area contributed by atoms with E-state index < -0.39 is 0 Å². The van der Waals surface area contributed by atoms with Gasteiger partial charge in [0.15, 0.2) is 5.96 Å². The third kappa shape index (κ3) is 5.25. The number of rotatable bonds is 5. The highest BCUT2D eigenvalue weighted by atomic mass is 16.1. The largest absolute Gasteiger partial charge is 0.357 e. The van der Waals surface area contributed by atoms with Crippen molar-refractivity contribution in [2.75, 3.05) is 26.2 Å². The lowest BCUT2D eigenvalue weighted by atomic mass is 10.00. The molecular formula is C19H30N4O. The van der Waals surface area contributed by atoms with Crippen molar-refractivity contribution < 1.29 is 4.79 Å². The first-order chi connectivity index (χ1) is 11.6. The molecule has 0 saturated carbocycles. The van der Waals surface area contributed by atoms with Crippen molar-refractivity contribution in [3.05, 3.63) is 35.4 Å². The number of hydrogen-bond donors (Lipinski definition) is 2. The third-order valence-electron chi connectivity index (χ3n) is 4.36. The van der Waals surface area contributed by atoms with Gasteiger partial charge in [0.1, 0.15) is 0 Å². The highest BCUT2D eigenvalue weighted by Gasteiger charge is 2.18. The van der Waals surface area contributed by atoms with E-state index in [0.717, 1.165) is 37.1 Å². The molecule has 1 amide bonds. The molecule has 1 aromatic rings. The minimum atomic E-state index is -0.0275. The van der Waals surface area contributed by atoms with Gasteiger partial charge in [-0.2, -0.15) is 0 Å². The Labute approximate surface area is 145 Å². The number of carbonyl (C=O) groups excluding carboxylic acids is 1. The van der Waals surface area contributed by atoms with Gasteiger partial charge in [0.05, 0.1) is 6.54 Å². The van der Waals surface area contributed by atoms with Crippen LogP contribution >= 0.6 is 0 Å². The minimum absolute atomic E-state index is 0.0275. The highest BCUT2D eigenvalue weighted by molar-refractivity contribution is 5.94. The fraction of sp³-hybridized carbons (Fsp3) is 0.579. The van der Waals surface area contributed by atoms with Crippen LogP contribution in [0.4, 0.5) is 0 Å². The number of likely N-dealkylation sites (tertiary alicyclic amines) is 1. The van der Waals surface area contributed by atoms with Crippen LogP contribution in [0.1, 0.15) is 49.5 Å². The molecule has 0 aliphatic carbocycles. The topological polar surface area (TPSA) is 56.7 Å². The quantitative estimate of drug-likeness (QED) is 0.644. The van der Waals surface area contributed by atoms with Crippen LogP contribution < -0.4 is 10.6 Å². The van der Waals surface area contributed by atoms with Crippen LogP contribution in [0.2, 0.25) is 0 Å². The van der Waals surface area contributed by atoms with Gasteiger partial charge in [0.25, 0.3) is 5.91 Å². The molecule has 0 bridgehead atoms. The van der Waals surface area contributed by atoms with Crippen molar-refractivity contribution in [3.8, 4) is 0 Å². The first kappa shape index (κ1) is 18.3. The molecule has 2 rings (SSSR count). The number of benzene rings is 1. The van der Waals surface area contributed by atoms with Crippen molar-refractivity contribution in [1.82, 2.24) is 15.5 Å². The molecule has 0 spiro atoms. The fourth-order valence-corrected chi connectivity index (χ4v) is 2.89. The third-order valence-corrected chi connectivity index (χ3v) is 4.36. The number of hydrogen-bond acceptors (Lipinski definition) is 2. The SMILES string of the molecule is CCNC(=O)c1cccc(CN=C(NCC)N2CCC(C)CC2)c1. The van der Waals surface area contributed by atoms with E-state index >= 15 is 0 Å². The highest BCUT2D eigenvalue weighted by Crippen LogP contribution is 2.16. The summed E-state index contributed by atoms with van der Waals surface area (Å²) < 4.78 is 0. The molecule has 1 aliphatic heterocycles. The van der Waals surface area contributed by atoms with Gasteiger partial charge < -0.3 is 15.5 Å².